The summed E-state index contributed by atoms with van der Waals surface area (Å²) in [6.07, 6.45) is 1.67. The van der Waals surface area contributed by atoms with E-state index in [0.717, 1.165) is 22.7 Å². The monoisotopic (exact) mass is 380 g/mol. The van der Waals surface area contributed by atoms with Gasteiger partial charge in [-0.05, 0) is 17.7 Å². The zero-order valence-electron chi connectivity index (χ0n) is 13.8. The number of imidazole rings is 1. The van der Waals surface area contributed by atoms with E-state index in [1.165, 1.54) is 28.7 Å². The Balaban J connectivity index is 1.55. The summed E-state index contributed by atoms with van der Waals surface area (Å²) in [5, 5.41) is 6.10. The molecule has 0 bridgehead atoms. The summed E-state index contributed by atoms with van der Waals surface area (Å²) >= 11 is 2.85. The molecule has 130 valence electrons. The second-order valence-corrected chi connectivity index (χ2v) is 7.47. The number of anilines is 1. The lowest BCUT2D eigenvalue weighted by Gasteiger charge is -2.09. The summed E-state index contributed by atoms with van der Waals surface area (Å²) < 4.78 is 2.16. The molecule has 0 aliphatic carbocycles. The third-order valence-electron chi connectivity index (χ3n) is 3.81. The van der Waals surface area contributed by atoms with Crippen molar-refractivity contribution in [1.82, 2.24) is 14.5 Å². The minimum atomic E-state index is -0.0803. The van der Waals surface area contributed by atoms with Crippen LogP contribution in [0.15, 0.2) is 71.3 Å². The van der Waals surface area contributed by atoms with Crippen molar-refractivity contribution in [1.29, 1.82) is 0 Å². The van der Waals surface area contributed by atoms with Crippen molar-refractivity contribution >= 4 is 45.2 Å². The van der Waals surface area contributed by atoms with Crippen molar-refractivity contribution in [3.8, 4) is 0 Å². The molecule has 7 heteroatoms. The van der Waals surface area contributed by atoms with Crippen LogP contribution in [0.3, 0.4) is 0 Å². The van der Waals surface area contributed by atoms with Gasteiger partial charge in [0, 0.05) is 11.6 Å². The fourth-order valence-electron chi connectivity index (χ4n) is 2.65. The molecule has 0 unspecified atom stereocenters. The van der Waals surface area contributed by atoms with Crippen LogP contribution in [-0.4, -0.2) is 26.2 Å². The van der Waals surface area contributed by atoms with Gasteiger partial charge in [0.25, 0.3) is 0 Å². The topological polar surface area (TPSA) is 59.8 Å². The van der Waals surface area contributed by atoms with Gasteiger partial charge in [0.1, 0.15) is 0 Å². The molecule has 0 radical (unpaired) electrons. The Morgan fingerprint density at radius 2 is 1.92 bits per heavy atom. The molecule has 0 spiro atoms. The highest BCUT2D eigenvalue weighted by molar-refractivity contribution is 7.99. The Labute approximate surface area is 159 Å². The molecule has 0 fully saturated rings. The van der Waals surface area contributed by atoms with Gasteiger partial charge in [0.2, 0.25) is 5.91 Å². The summed E-state index contributed by atoms with van der Waals surface area (Å²) in [5.74, 6) is 0.209. The normalized spacial score (nSPS) is 10.9. The Kier molecular flexibility index (Phi) is 4.99. The highest BCUT2D eigenvalue weighted by Gasteiger charge is 2.13. The second-order valence-electron chi connectivity index (χ2n) is 5.63. The number of nitrogens with one attached hydrogen (secondary N) is 1. The minimum absolute atomic E-state index is 0.0803. The molecule has 4 rings (SSSR count). The van der Waals surface area contributed by atoms with Crippen LogP contribution in [0.4, 0.5) is 5.13 Å². The standard InChI is InChI=1S/C19H16N4OS2/c24-17(22-18-20-10-11-25-18)13-26-19-21-15-8-4-5-9-16(15)23(19)12-14-6-2-1-3-7-14/h1-11H,12-13H2,(H,20,22,24). The first-order valence-corrected chi connectivity index (χ1v) is 9.97. The van der Waals surface area contributed by atoms with Crippen LogP contribution >= 0.6 is 23.1 Å². The number of aromatic nitrogens is 3. The van der Waals surface area contributed by atoms with E-state index in [9.17, 15) is 4.79 Å². The second kappa shape index (κ2) is 7.72. The van der Waals surface area contributed by atoms with Crippen molar-refractivity contribution in [3.63, 3.8) is 0 Å². The number of carbonyl (C=O) groups is 1. The first-order chi connectivity index (χ1) is 12.8. The number of nitrogens with zero attached hydrogens (tertiary/aromatic N) is 3. The Morgan fingerprint density at radius 1 is 1.12 bits per heavy atom. The predicted octanol–water partition coefficient (Wildman–Crippen LogP) is 4.27. The summed E-state index contributed by atoms with van der Waals surface area (Å²) in [5.41, 5.74) is 3.20. The number of thiazole rings is 1. The number of amides is 1. The molecule has 5 nitrogen and oxygen atoms in total. The minimum Gasteiger partial charge on any atom is -0.314 e. The third kappa shape index (κ3) is 3.79. The molecule has 0 aliphatic rings. The fourth-order valence-corrected chi connectivity index (χ4v) is 4.01. The van der Waals surface area contributed by atoms with Crippen LogP contribution in [0, 0.1) is 0 Å². The molecule has 0 saturated heterocycles. The number of para-hydroxylation sites is 2. The van der Waals surface area contributed by atoms with Crippen LogP contribution in [-0.2, 0) is 11.3 Å². The molecular weight excluding hydrogens is 364 g/mol. The van der Waals surface area contributed by atoms with Gasteiger partial charge >= 0.3 is 0 Å². The number of hydrogen-bond donors (Lipinski definition) is 1. The molecule has 4 aromatic rings. The number of benzene rings is 2. The van der Waals surface area contributed by atoms with Crippen LogP contribution in [0.5, 0.6) is 0 Å². The van der Waals surface area contributed by atoms with Crippen molar-refractivity contribution in [3.05, 3.63) is 71.7 Å². The highest BCUT2D eigenvalue weighted by Crippen LogP contribution is 2.25. The number of fused-ring (bicyclic) bond motifs is 1. The zero-order valence-corrected chi connectivity index (χ0v) is 15.5. The van der Waals surface area contributed by atoms with Gasteiger partial charge < -0.3 is 9.88 Å². The van der Waals surface area contributed by atoms with Crippen LogP contribution in [0.2, 0.25) is 0 Å². The molecule has 2 aromatic carbocycles. The molecule has 0 aliphatic heterocycles. The number of rotatable bonds is 6. The molecule has 26 heavy (non-hydrogen) atoms. The maximum atomic E-state index is 12.2. The van der Waals surface area contributed by atoms with E-state index in [0.29, 0.717) is 5.13 Å². The zero-order chi connectivity index (χ0) is 17.8. The molecule has 2 aromatic heterocycles. The van der Waals surface area contributed by atoms with E-state index in [1.807, 2.05) is 41.8 Å². The smallest absolute Gasteiger partial charge is 0.236 e. The molecule has 1 N–H and O–H groups in total. The van der Waals surface area contributed by atoms with E-state index in [1.54, 1.807) is 6.20 Å². The molecule has 0 atom stereocenters. The number of carbonyl (C=O) groups excluding carboxylic acids is 1. The maximum absolute atomic E-state index is 12.2. The SMILES string of the molecule is O=C(CSc1nc2ccccc2n1Cc1ccccc1)Nc1nccs1. The van der Waals surface area contributed by atoms with E-state index < -0.39 is 0 Å². The maximum Gasteiger partial charge on any atom is 0.236 e. The fraction of sp³-hybridized carbons (Fsp3) is 0.105. The van der Waals surface area contributed by atoms with Crippen LogP contribution in [0.1, 0.15) is 5.56 Å². The Bertz CT molecular complexity index is 1010. The van der Waals surface area contributed by atoms with Gasteiger partial charge in [-0.2, -0.15) is 0 Å². The number of hydrogen-bond acceptors (Lipinski definition) is 5. The lowest BCUT2D eigenvalue weighted by molar-refractivity contribution is -0.113. The quantitative estimate of drug-likeness (QED) is 0.508. The molecule has 0 saturated carbocycles. The van der Waals surface area contributed by atoms with Crippen molar-refractivity contribution in [2.45, 2.75) is 11.7 Å². The van der Waals surface area contributed by atoms with Crippen molar-refractivity contribution in [2.24, 2.45) is 0 Å². The average Bonchev–Trinajstić information content (AvgIpc) is 3.29. The molecule has 1 amide bonds. The van der Waals surface area contributed by atoms with E-state index >= 15 is 0 Å². The average molecular weight is 380 g/mol. The third-order valence-corrected chi connectivity index (χ3v) is 5.48. The Hall–Kier alpha value is -2.64. The van der Waals surface area contributed by atoms with Gasteiger partial charge in [-0.3, -0.25) is 4.79 Å². The summed E-state index contributed by atoms with van der Waals surface area (Å²) in [6.45, 7) is 0.720. The molecular formula is C19H16N4OS2. The van der Waals surface area contributed by atoms with Crippen molar-refractivity contribution < 1.29 is 4.79 Å². The summed E-state index contributed by atoms with van der Waals surface area (Å²) in [7, 11) is 0. The molecule has 2 heterocycles. The van der Waals surface area contributed by atoms with Gasteiger partial charge in [0.15, 0.2) is 10.3 Å². The largest absolute Gasteiger partial charge is 0.314 e. The Morgan fingerprint density at radius 3 is 2.73 bits per heavy atom. The predicted molar refractivity (Wildman–Crippen MR) is 107 cm³/mol. The van der Waals surface area contributed by atoms with Crippen LogP contribution < -0.4 is 5.32 Å². The van der Waals surface area contributed by atoms with Crippen molar-refractivity contribution in [2.75, 3.05) is 11.1 Å². The summed E-state index contributed by atoms with van der Waals surface area (Å²) in [6, 6.07) is 18.3. The van der Waals surface area contributed by atoms with Crippen LogP contribution in [0.25, 0.3) is 11.0 Å². The van der Waals surface area contributed by atoms with E-state index in [-0.39, 0.29) is 11.7 Å². The highest BCUT2D eigenvalue weighted by atomic mass is 32.2. The van der Waals surface area contributed by atoms with Gasteiger partial charge in [-0.15, -0.1) is 11.3 Å². The first kappa shape index (κ1) is 16.8. The van der Waals surface area contributed by atoms with Gasteiger partial charge in [0.05, 0.1) is 23.3 Å². The van der Waals surface area contributed by atoms with Gasteiger partial charge in [-0.1, -0.05) is 54.2 Å². The summed E-state index contributed by atoms with van der Waals surface area (Å²) in [4.78, 5) is 21.0. The first-order valence-electron chi connectivity index (χ1n) is 8.11. The van der Waals surface area contributed by atoms with Gasteiger partial charge in [-0.25, -0.2) is 9.97 Å². The lowest BCUT2D eigenvalue weighted by Crippen LogP contribution is -2.14. The van der Waals surface area contributed by atoms with E-state index in [2.05, 4.69) is 33.1 Å². The van der Waals surface area contributed by atoms with E-state index in [4.69, 9.17) is 4.98 Å². The lowest BCUT2D eigenvalue weighted by atomic mass is 10.2. The number of thioether (sulfide) groups is 1.